The van der Waals surface area contributed by atoms with Crippen LogP contribution in [0.5, 0.6) is 0 Å². The molecule has 1 aromatic heterocycles. The number of H-pyrrole nitrogens is 1. The number of nitrogens with one attached hydrogen (secondary N) is 1. The van der Waals surface area contributed by atoms with Crippen molar-refractivity contribution in [3.05, 3.63) is 0 Å². The summed E-state index contributed by atoms with van der Waals surface area (Å²) in [5.74, 6) is 1.09. The number of piperazine rings is 1. The average Bonchev–Trinajstić information content (AvgIpc) is 2.57. The minimum absolute atomic E-state index is 0.381. The van der Waals surface area contributed by atoms with Crippen molar-refractivity contribution < 1.29 is 0 Å². The molecule has 1 fully saturated rings. The molecule has 6 heteroatoms. The third-order valence-electron chi connectivity index (χ3n) is 2.73. The van der Waals surface area contributed by atoms with Crippen molar-refractivity contribution >= 4 is 11.9 Å². The first-order chi connectivity index (χ1) is 6.66. The molecule has 2 heterocycles. The number of aromatic amines is 1. The predicted molar refractivity (Wildman–Crippen MR) is 55.1 cm³/mol. The van der Waals surface area contributed by atoms with Gasteiger partial charge in [0.25, 0.3) is 0 Å². The maximum atomic E-state index is 5.48. The second-order valence-corrected chi connectivity index (χ2v) is 3.80. The lowest BCUT2D eigenvalue weighted by atomic mass is 10.2. The molecular formula is C8H16N6. The van der Waals surface area contributed by atoms with Gasteiger partial charge in [0, 0.05) is 25.7 Å². The highest BCUT2D eigenvalue weighted by molar-refractivity contribution is 5.34. The summed E-state index contributed by atoms with van der Waals surface area (Å²) < 4.78 is 0. The Bertz CT molecular complexity index is 309. The summed E-state index contributed by atoms with van der Waals surface area (Å²) >= 11 is 0. The maximum absolute atomic E-state index is 5.48. The first-order valence-corrected chi connectivity index (χ1v) is 4.80. The van der Waals surface area contributed by atoms with Gasteiger partial charge in [-0.25, -0.2) is 5.10 Å². The van der Waals surface area contributed by atoms with Crippen molar-refractivity contribution in [2.24, 2.45) is 0 Å². The quantitative estimate of drug-likeness (QED) is 0.635. The van der Waals surface area contributed by atoms with Gasteiger partial charge in [-0.3, -0.25) is 0 Å². The van der Waals surface area contributed by atoms with E-state index in [9.17, 15) is 0 Å². The van der Waals surface area contributed by atoms with E-state index < -0.39 is 0 Å². The molecule has 0 bridgehead atoms. The second-order valence-electron chi connectivity index (χ2n) is 3.80. The number of anilines is 2. The Hall–Kier alpha value is -1.30. The Morgan fingerprint density at radius 1 is 1.50 bits per heavy atom. The first-order valence-electron chi connectivity index (χ1n) is 4.80. The number of nitrogens with two attached hydrogens (primary N) is 1. The molecular weight excluding hydrogens is 180 g/mol. The summed E-state index contributed by atoms with van der Waals surface area (Å²) in [4.78, 5) is 8.59. The molecule has 78 valence electrons. The van der Waals surface area contributed by atoms with E-state index in [4.69, 9.17) is 5.73 Å². The highest BCUT2D eigenvalue weighted by atomic mass is 15.4. The lowest BCUT2D eigenvalue weighted by Gasteiger charge is -2.36. The van der Waals surface area contributed by atoms with Gasteiger partial charge in [-0.05, 0) is 14.0 Å². The molecule has 1 aromatic rings. The van der Waals surface area contributed by atoms with Gasteiger partial charge in [0.1, 0.15) is 0 Å². The van der Waals surface area contributed by atoms with Crippen LogP contribution in [0.1, 0.15) is 6.92 Å². The first kappa shape index (κ1) is 9.26. The molecule has 0 aliphatic carbocycles. The topological polar surface area (TPSA) is 74.1 Å². The Morgan fingerprint density at radius 2 is 2.29 bits per heavy atom. The van der Waals surface area contributed by atoms with Gasteiger partial charge in [0.2, 0.25) is 11.9 Å². The van der Waals surface area contributed by atoms with E-state index in [0.717, 1.165) is 19.6 Å². The normalized spacial score (nSPS) is 24.1. The van der Waals surface area contributed by atoms with Crippen LogP contribution in [-0.2, 0) is 0 Å². The number of hydrogen-bond donors (Lipinski definition) is 2. The number of nitrogen functional groups attached to an aromatic ring is 1. The van der Waals surface area contributed by atoms with E-state index in [1.807, 2.05) is 0 Å². The standard InChI is InChI=1S/C8H16N6/c1-6-5-14(4-3-13(6)2)8-10-7(9)11-12-8/h6H,3-5H2,1-2H3,(H3,9,10,11,12). The minimum Gasteiger partial charge on any atom is -0.368 e. The number of rotatable bonds is 1. The fraction of sp³-hybridized carbons (Fsp3) is 0.750. The molecule has 6 nitrogen and oxygen atoms in total. The van der Waals surface area contributed by atoms with E-state index in [2.05, 4.69) is 39.0 Å². The lowest BCUT2D eigenvalue weighted by molar-refractivity contribution is 0.233. The van der Waals surface area contributed by atoms with Gasteiger partial charge in [0.15, 0.2) is 0 Å². The van der Waals surface area contributed by atoms with E-state index in [1.54, 1.807) is 0 Å². The zero-order valence-electron chi connectivity index (χ0n) is 8.56. The SMILES string of the molecule is CC1CN(c2n[nH]c(N)n2)CCN1C. The molecule has 3 N–H and O–H groups in total. The van der Waals surface area contributed by atoms with Gasteiger partial charge >= 0.3 is 0 Å². The van der Waals surface area contributed by atoms with Crippen LogP contribution < -0.4 is 10.6 Å². The molecule has 1 aliphatic heterocycles. The van der Waals surface area contributed by atoms with Crippen molar-refractivity contribution in [1.82, 2.24) is 20.1 Å². The third kappa shape index (κ3) is 1.65. The molecule has 14 heavy (non-hydrogen) atoms. The van der Waals surface area contributed by atoms with Gasteiger partial charge in [-0.2, -0.15) is 4.98 Å². The molecule has 1 atom stereocenters. The Labute approximate surface area is 83.1 Å². The minimum atomic E-state index is 0.381. The van der Waals surface area contributed by atoms with Crippen LogP contribution in [0.4, 0.5) is 11.9 Å². The number of hydrogen-bond acceptors (Lipinski definition) is 5. The molecule has 1 unspecified atom stereocenters. The highest BCUT2D eigenvalue weighted by Gasteiger charge is 2.22. The van der Waals surface area contributed by atoms with Crippen LogP contribution in [0.3, 0.4) is 0 Å². The van der Waals surface area contributed by atoms with Gasteiger partial charge < -0.3 is 15.5 Å². The smallest absolute Gasteiger partial charge is 0.246 e. The fourth-order valence-corrected chi connectivity index (χ4v) is 1.64. The average molecular weight is 196 g/mol. The summed E-state index contributed by atoms with van der Waals surface area (Å²) in [7, 11) is 2.13. The summed E-state index contributed by atoms with van der Waals surface area (Å²) in [5.41, 5.74) is 5.48. The van der Waals surface area contributed by atoms with Crippen molar-refractivity contribution in [3.63, 3.8) is 0 Å². The Balaban J connectivity index is 2.06. The van der Waals surface area contributed by atoms with Crippen molar-refractivity contribution in [2.75, 3.05) is 37.3 Å². The van der Waals surface area contributed by atoms with Crippen LogP contribution in [-0.4, -0.2) is 52.8 Å². The van der Waals surface area contributed by atoms with E-state index in [0.29, 0.717) is 17.9 Å². The third-order valence-corrected chi connectivity index (χ3v) is 2.73. The molecule has 1 saturated heterocycles. The maximum Gasteiger partial charge on any atom is 0.246 e. The summed E-state index contributed by atoms with van der Waals surface area (Å²) in [6, 6.07) is 0.531. The van der Waals surface area contributed by atoms with E-state index >= 15 is 0 Å². The van der Waals surface area contributed by atoms with Crippen molar-refractivity contribution in [1.29, 1.82) is 0 Å². The predicted octanol–water partition coefficient (Wildman–Crippen LogP) is -0.473. The van der Waals surface area contributed by atoms with Crippen LogP contribution >= 0.6 is 0 Å². The molecule has 1 aliphatic rings. The number of nitrogens with zero attached hydrogens (tertiary/aromatic N) is 4. The van der Waals surface area contributed by atoms with Gasteiger partial charge in [-0.15, -0.1) is 5.10 Å². The summed E-state index contributed by atoms with van der Waals surface area (Å²) in [5, 5.41) is 6.70. The van der Waals surface area contributed by atoms with E-state index in [-0.39, 0.29) is 0 Å². The Kier molecular flexibility index (Phi) is 2.28. The number of likely N-dealkylation sites (N-methyl/N-ethyl adjacent to an activating group) is 1. The van der Waals surface area contributed by atoms with Crippen LogP contribution in [0.15, 0.2) is 0 Å². The zero-order chi connectivity index (χ0) is 10.1. The van der Waals surface area contributed by atoms with Gasteiger partial charge in [0.05, 0.1) is 0 Å². The molecule has 0 saturated carbocycles. The molecule has 0 spiro atoms. The highest BCUT2D eigenvalue weighted by Crippen LogP contribution is 2.13. The molecule has 0 aromatic carbocycles. The van der Waals surface area contributed by atoms with Crippen molar-refractivity contribution in [2.45, 2.75) is 13.0 Å². The van der Waals surface area contributed by atoms with Crippen LogP contribution in [0.25, 0.3) is 0 Å². The summed E-state index contributed by atoms with van der Waals surface area (Å²) in [6.45, 7) is 5.14. The van der Waals surface area contributed by atoms with Crippen LogP contribution in [0, 0.1) is 0 Å². The molecule has 2 rings (SSSR count). The van der Waals surface area contributed by atoms with Gasteiger partial charge in [-0.1, -0.05) is 0 Å². The molecule has 0 radical (unpaired) electrons. The number of aromatic nitrogens is 3. The summed E-state index contributed by atoms with van der Waals surface area (Å²) in [6.07, 6.45) is 0. The monoisotopic (exact) mass is 196 g/mol. The molecule has 0 amide bonds. The zero-order valence-corrected chi connectivity index (χ0v) is 8.56. The largest absolute Gasteiger partial charge is 0.368 e. The fourth-order valence-electron chi connectivity index (χ4n) is 1.64. The lowest BCUT2D eigenvalue weighted by Crippen LogP contribution is -2.50. The second kappa shape index (κ2) is 3.45. The van der Waals surface area contributed by atoms with Crippen molar-refractivity contribution in [3.8, 4) is 0 Å². The van der Waals surface area contributed by atoms with E-state index in [1.165, 1.54) is 0 Å². The van der Waals surface area contributed by atoms with Crippen LogP contribution in [0.2, 0.25) is 0 Å². The Morgan fingerprint density at radius 3 is 2.86 bits per heavy atom.